The minimum absolute atomic E-state index is 0.112. The highest BCUT2D eigenvalue weighted by Gasteiger charge is 2.11. The van der Waals surface area contributed by atoms with Gasteiger partial charge in [0.15, 0.2) is 0 Å². The van der Waals surface area contributed by atoms with E-state index in [0.717, 1.165) is 8.66 Å². The van der Waals surface area contributed by atoms with Gasteiger partial charge in [0, 0.05) is 9.90 Å². The monoisotopic (exact) mass is 378 g/mol. The molecule has 0 amide bonds. The number of hydrazone groups is 1. The molecule has 100 valence electrons. The zero-order valence-electron chi connectivity index (χ0n) is 9.38. The van der Waals surface area contributed by atoms with Crippen LogP contribution in [0, 0.1) is 0 Å². The second-order valence-electron chi connectivity index (χ2n) is 3.45. The summed E-state index contributed by atoms with van der Waals surface area (Å²) < 4.78 is 24.7. The van der Waals surface area contributed by atoms with Gasteiger partial charge in [0.1, 0.15) is 0 Å². The molecular weight excluding hydrogens is 372 g/mol. The molecule has 1 aromatic heterocycles. The third-order valence-corrected chi connectivity index (χ3v) is 5.13. The van der Waals surface area contributed by atoms with Crippen molar-refractivity contribution in [2.45, 2.75) is 4.90 Å². The summed E-state index contributed by atoms with van der Waals surface area (Å²) in [5, 5.41) is 4.20. The number of nitrogens with one attached hydrogen (secondary N) is 1. The molecule has 1 aromatic carbocycles. The first kappa shape index (κ1) is 14.5. The summed E-state index contributed by atoms with van der Waals surface area (Å²) in [6.45, 7) is 0. The van der Waals surface area contributed by atoms with Gasteiger partial charge in [0.05, 0.1) is 14.9 Å². The van der Waals surface area contributed by atoms with Crippen LogP contribution in [0.5, 0.6) is 0 Å². The van der Waals surface area contributed by atoms with Gasteiger partial charge < -0.3 is 0 Å². The van der Waals surface area contributed by atoms with Crippen molar-refractivity contribution >= 4 is 55.1 Å². The smallest absolute Gasteiger partial charge is 0.200 e. The van der Waals surface area contributed by atoms with Crippen molar-refractivity contribution in [3.8, 4) is 0 Å². The SMILES string of the molecule is O=S(=O)(N/N=C/c1ccc(Br)s1)c1ccc(Cl)cc1. The minimum atomic E-state index is -3.65. The van der Waals surface area contributed by atoms with Crippen molar-refractivity contribution < 1.29 is 8.42 Å². The number of sulfonamides is 1. The van der Waals surface area contributed by atoms with E-state index in [9.17, 15) is 8.42 Å². The first-order valence-corrected chi connectivity index (χ1v) is 8.50. The van der Waals surface area contributed by atoms with Crippen LogP contribution in [0.2, 0.25) is 5.02 Å². The van der Waals surface area contributed by atoms with E-state index in [1.54, 1.807) is 0 Å². The molecule has 0 bridgehead atoms. The van der Waals surface area contributed by atoms with Crippen LogP contribution in [0.15, 0.2) is 50.2 Å². The molecule has 4 nitrogen and oxygen atoms in total. The fraction of sp³-hybridized carbons (Fsp3) is 0. The van der Waals surface area contributed by atoms with E-state index in [1.807, 2.05) is 12.1 Å². The number of rotatable bonds is 4. The number of hydrogen-bond donors (Lipinski definition) is 1. The molecule has 0 aliphatic carbocycles. The number of thiophene rings is 1. The van der Waals surface area contributed by atoms with Crippen molar-refractivity contribution in [3.63, 3.8) is 0 Å². The van der Waals surface area contributed by atoms with Crippen LogP contribution >= 0.6 is 38.9 Å². The van der Waals surface area contributed by atoms with Crippen LogP contribution < -0.4 is 4.83 Å². The molecule has 2 rings (SSSR count). The Kier molecular flexibility index (Phi) is 4.62. The van der Waals surface area contributed by atoms with E-state index in [-0.39, 0.29) is 4.90 Å². The maximum atomic E-state index is 11.9. The Labute approximate surface area is 128 Å². The van der Waals surface area contributed by atoms with Crippen molar-refractivity contribution in [1.29, 1.82) is 0 Å². The highest BCUT2D eigenvalue weighted by Crippen LogP contribution is 2.20. The van der Waals surface area contributed by atoms with Crippen LogP contribution in [0.1, 0.15) is 4.88 Å². The molecule has 0 spiro atoms. The lowest BCUT2D eigenvalue weighted by atomic mass is 10.4. The van der Waals surface area contributed by atoms with Gasteiger partial charge in [-0.05, 0) is 52.3 Å². The molecule has 0 saturated carbocycles. The molecule has 19 heavy (non-hydrogen) atoms. The summed E-state index contributed by atoms with van der Waals surface area (Å²) in [5.41, 5.74) is 0. The Morgan fingerprint density at radius 3 is 2.47 bits per heavy atom. The van der Waals surface area contributed by atoms with Gasteiger partial charge in [-0.2, -0.15) is 13.5 Å². The van der Waals surface area contributed by atoms with Gasteiger partial charge in [-0.15, -0.1) is 11.3 Å². The molecule has 2 aromatic rings. The molecule has 1 heterocycles. The van der Waals surface area contributed by atoms with Crippen molar-refractivity contribution in [2.75, 3.05) is 0 Å². The summed E-state index contributed by atoms with van der Waals surface area (Å²) in [7, 11) is -3.65. The molecule has 1 N–H and O–H groups in total. The second kappa shape index (κ2) is 6.04. The van der Waals surface area contributed by atoms with Crippen LogP contribution in [0.4, 0.5) is 0 Å². The van der Waals surface area contributed by atoms with Crippen LogP contribution in [0.25, 0.3) is 0 Å². The fourth-order valence-corrected chi connectivity index (χ4v) is 3.44. The Morgan fingerprint density at radius 2 is 1.89 bits per heavy atom. The average molecular weight is 380 g/mol. The number of hydrogen-bond acceptors (Lipinski definition) is 4. The Hall–Kier alpha value is -0.890. The third-order valence-electron chi connectivity index (χ3n) is 2.08. The quantitative estimate of drug-likeness (QED) is 0.653. The van der Waals surface area contributed by atoms with Crippen LogP contribution in [-0.2, 0) is 10.0 Å². The summed E-state index contributed by atoms with van der Waals surface area (Å²) in [4.78, 5) is 3.09. The standard InChI is InChI=1S/C11H8BrClN2O2S2/c12-11-6-3-9(18-11)7-14-15-19(16,17)10-4-1-8(13)2-5-10/h1-7,15H/b14-7+. The summed E-state index contributed by atoms with van der Waals surface area (Å²) in [5.74, 6) is 0. The third kappa shape index (κ3) is 4.04. The summed E-state index contributed by atoms with van der Waals surface area (Å²) >= 11 is 10.5. The maximum Gasteiger partial charge on any atom is 0.276 e. The van der Waals surface area contributed by atoms with E-state index < -0.39 is 10.0 Å². The predicted octanol–water partition coefficient (Wildman–Crippen LogP) is 3.48. The van der Waals surface area contributed by atoms with Gasteiger partial charge in [-0.25, -0.2) is 4.83 Å². The summed E-state index contributed by atoms with van der Waals surface area (Å²) in [6.07, 6.45) is 1.45. The van der Waals surface area contributed by atoms with E-state index in [2.05, 4.69) is 25.9 Å². The van der Waals surface area contributed by atoms with E-state index in [4.69, 9.17) is 11.6 Å². The maximum absolute atomic E-state index is 11.9. The van der Waals surface area contributed by atoms with Crippen molar-refractivity contribution in [3.05, 3.63) is 50.1 Å². The molecular formula is C11H8BrClN2O2S2. The normalized spacial score (nSPS) is 11.9. The van der Waals surface area contributed by atoms with Gasteiger partial charge in [-0.3, -0.25) is 0 Å². The Bertz CT molecular complexity index is 696. The molecule has 0 aliphatic heterocycles. The minimum Gasteiger partial charge on any atom is -0.200 e. The van der Waals surface area contributed by atoms with E-state index >= 15 is 0 Å². The Morgan fingerprint density at radius 1 is 1.21 bits per heavy atom. The molecule has 8 heteroatoms. The van der Waals surface area contributed by atoms with Gasteiger partial charge in [-0.1, -0.05) is 11.6 Å². The average Bonchev–Trinajstić information content (AvgIpc) is 2.75. The van der Waals surface area contributed by atoms with E-state index in [1.165, 1.54) is 41.8 Å². The van der Waals surface area contributed by atoms with Gasteiger partial charge in [0.2, 0.25) is 0 Å². The second-order valence-corrected chi connectivity index (χ2v) is 8.04. The molecule has 0 atom stereocenters. The highest BCUT2D eigenvalue weighted by atomic mass is 79.9. The predicted molar refractivity (Wildman–Crippen MR) is 81.4 cm³/mol. The summed E-state index contributed by atoms with van der Waals surface area (Å²) in [6, 6.07) is 9.55. The molecule has 0 radical (unpaired) electrons. The lowest BCUT2D eigenvalue weighted by molar-refractivity contribution is 0.584. The first-order valence-electron chi connectivity index (χ1n) is 5.03. The first-order chi connectivity index (χ1) is 8.97. The lowest BCUT2D eigenvalue weighted by Crippen LogP contribution is -2.18. The topological polar surface area (TPSA) is 58.5 Å². The number of halogens is 2. The molecule has 0 saturated heterocycles. The van der Waals surface area contributed by atoms with E-state index in [0.29, 0.717) is 5.02 Å². The van der Waals surface area contributed by atoms with Crippen LogP contribution in [-0.4, -0.2) is 14.6 Å². The Balaban J connectivity index is 2.09. The largest absolute Gasteiger partial charge is 0.276 e. The molecule has 0 aliphatic rings. The zero-order chi connectivity index (χ0) is 13.9. The van der Waals surface area contributed by atoms with Crippen molar-refractivity contribution in [1.82, 2.24) is 4.83 Å². The molecule has 0 unspecified atom stereocenters. The zero-order valence-corrected chi connectivity index (χ0v) is 13.4. The number of nitrogens with zero attached hydrogens (tertiary/aromatic N) is 1. The lowest BCUT2D eigenvalue weighted by Gasteiger charge is -2.02. The number of benzene rings is 1. The van der Waals surface area contributed by atoms with Gasteiger partial charge in [0.25, 0.3) is 10.0 Å². The van der Waals surface area contributed by atoms with Crippen molar-refractivity contribution in [2.24, 2.45) is 5.10 Å². The fourth-order valence-electron chi connectivity index (χ4n) is 1.22. The highest BCUT2D eigenvalue weighted by molar-refractivity contribution is 9.11. The van der Waals surface area contributed by atoms with Crippen LogP contribution in [0.3, 0.4) is 0 Å². The molecule has 0 fully saturated rings. The van der Waals surface area contributed by atoms with Gasteiger partial charge >= 0.3 is 0 Å².